The molecule has 2 saturated heterocycles. The minimum atomic E-state index is -4.83. The molecule has 250 valence electrons. The molecule has 18 heteroatoms. The summed E-state index contributed by atoms with van der Waals surface area (Å²) in [5, 5.41) is 12.0. The van der Waals surface area contributed by atoms with E-state index in [9.17, 15) is 37.5 Å². The summed E-state index contributed by atoms with van der Waals surface area (Å²) in [6.45, 7) is 0. The lowest BCUT2D eigenvalue weighted by Crippen LogP contribution is -2.60. The number of carbonyl (C=O) groups is 4. The third-order valence-electron chi connectivity index (χ3n) is 9.42. The zero-order valence-corrected chi connectivity index (χ0v) is 29.8. The van der Waals surface area contributed by atoms with E-state index in [0.717, 1.165) is 16.0 Å². The number of hydrogen-bond donors (Lipinski definition) is 1. The van der Waals surface area contributed by atoms with Crippen LogP contribution in [-0.2, 0) is 25.4 Å². The summed E-state index contributed by atoms with van der Waals surface area (Å²) in [5.74, 6) is -8.12. The molecule has 4 aliphatic rings. The molecule has 1 saturated carbocycles. The number of anilines is 1. The van der Waals surface area contributed by atoms with Gasteiger partial charge in [-0.05, 0) is 74.4 Å². The van der Waals surface area contributed by atoms with Crippen molar-refractivity contribution < 1.29 is 42.2 Å². The molecule has 10 nitrogen and oxygen atoms in total. The number of aromatic nitrogens is 1. The Morgan fingerprint density at radius 3 is 2.36 bits per heavy atom. The van der Waals surface area contributed by atoms with E-state index in [1.54, 1.807) is 6.08 Å². The number of nitrogens with zero attached hydrogens (tertiary/aromatic N) is 4. The lowest BCUT2D eigenvalue weighted by molar-refractivity contribution is -0.141. The van der Waals surface area contributed by atoms with Crippen molar-refractivity contribution in [2.45, 2.75) is 34.7 Å². The van der Waals surface area contributed by atoms with Crippen molar-refractivity contribution in [3.8, 4) is 11.5 Å². The maximum atomic E-state index is 14.2. The van der Waals surface area contributed by atoms with E-state index in [4.69, 9.17) is 39.5 Å². The van der Waals surface area contributed by atoms with Crippen molar-refractivity contribution in [3.05, 3.63) is 55.1 Å². The SMILES string of the molecule is COc1cc([C@H]2C3=CC[C@@H]4C(=O)N(N(C)c5nc(C(F)(F)F)ccc5Cl)C(=O)[C@@H]4[C@@H]3C[C@@]3(Cl)C(=O)N(C)C(=O)[C@@]23Cl)c(Br)c(Br)c1O. The van der Waals surface area contributed by atoms with Gasteiger partial charge in [0.15, 0.2) is 27.1 Å². The van der Waals surface area contributed by atoms with Crippen LogP contribution >= 0.6 is 66.7 Å². The topological polar surface area (TPSA) is 120 Å². The second-order valence-corrected chi connectivity index (χ2v) is 14.9. The Morgan fingerprint density at radius 2 is 1.74 bits per heavy atom. The predicted molar refractivity (Wildman–Crippen MR) is 170 cm³/mol. The molecule has 0 bridgehead atoms. The van der Waals surface area contributed by atoms with E-state index in [1.807, 2.05) is 0 Å². The van der Waals surface area contributed by atoms with Crippen molar-refractivity contribution in [2.75, 3.05) is 26.2 Å². The summed E-state index contributed by atoms with van der Waals surface area (Å²) in [6, 6.07) is 3.07. The molecule has 4 amide bonds. The highest BCUT2D eigenvalue weighted by atomic mass is 79.9. The fourth-order valence-electron chi connectivity index (χ4n) is 7.26. The molecule has 2 aliphatic carbocycles. The number of rotatable bonds is 4. The summed E-state index contributed by atoms with van der Waals surface area (Å²) < 4.78 is 46.3. The second kappa shape index (κ2) is 11.2. The number of allylic oxidation sites excluding steroid dienone is 2. The number of phenols is 1. The standard InChI is InChI=1S/C29H22Br2Cl3F3N4O6/c1-39-25(45)27(33)9-13-10(18(28(27,34)26(39)46)12-8-15(47-3)21(42)20(31)19(12)30)4-5-11-17(13)24(44)41(23(11)43)40(2)22-14(32)6-7-16(38-22)29(35,36)37/h4,6-8,11,13,17-18,42H,5,9H2,1-3H3/t11-,13+,17-,18+,27+,28-/m0/s1. The number of alkyl halides is 5. The predicted octanol–water partition coefficient (Wildman–Crippen LogP) is 6.03. The Labute approximate surface area is 297 Å². The average molecular weight is 846 g/mol. The Bertz CT molecular complexity index is 1830. The van der Waals surface area contributed by atoms with Crippen molar-refractivity contribution in [1.82, 2.24) is 14.9 Å². The molecule has 3 fully saturated rings. The van der Waals surface area contributed by atoms with E-state index in [2.05, 4.69) is 36.8 Å². The molecule has 6 atom stereocenters. The van der Waals surface area contributed by atoms with Gasteiger partial charge in [0.05, 0.1) is 28.4 Å². The van der Waals surface area contributed by atoms with Crippen LogP contribution in [0.2, 0.25) is 5.02 Å². The first-order valence-corrected chi connectivity index (χ1v) is 16.5. The number of methoxy groups -OCH3 is 1. The number of likely N-dealkylation sites (tertiary alicyclic amines) is 1. The number of aromatic hydroxyl groups is 1. The van der Waals surface area contributed by atoms with Crippen LogP contribution in [0.5, 0.6) is 11.5 Å². The molecule has 0 unspecified atom stereocenters. The van der Waals surface area contributed by atoms with Gasteiger partial charge in [0.2, 0.25) is 0 Å². The lowest BCUT2D eigenvalue weighted by atomic mass is 9.56. The first kappa shape index (κ1) is 34.3. The quantitative estimate of drug-likeness (QED) is 0.225. The minimum absolute atomic E-state index is 0.00226. The van der Waals surface area contributed by atoms with Crippen molar-refractivity contribution >= 4 is 96.1 Å². The molecule has 47 heavy (non-hydrogen) atoms. The third kappa shape index (κ3) is 4.59. The number of amides is 4. The van der Waals surface area contributed by atoms with E-state index in [0.29, 0.717) is 22.2 Å². The van der Waals surface area contributed by atoms with Gasteiger partial charge in [0.25, 0.3) is 23.6 Å². The molecule has 1 aromatic carbocycles. The number of fused-ring (bicyclic) bond motifs is 4. The van der Waals surface area contributed by atoms with Crippen LogP contribution in [0.15, 0.2) is 38.8 Å². The Morgan fingerprint density at radius 1 is 1.09 bits per heavy atom. The average Bonchev–Trinajstić information content (AvgIpc) is 3.34. The number of halogens is 8. The zero-order valence-electron chi connectivity index (χ0n) is 24.3. The molecule has 1 N–H and O–H groups in total. The van der Waals surface area contributed by atoms with Crippen molar-refractivity contribution in [3.63, 3.8) is 0 Å². The van der Waals surface area contributed by atoms with Crippen LogP contribution in [0.25, 0.3) is 0 Å². The highest BCUT2D eigenvalue weighted by Gasteiger charge is 2.76. The molecule has 2 aromatic rings. The van der Waals surface area contributed by atoms with Crippen LogP contribution in [0, 0.1) is 17.8 Å². The molecule has 1 aromatic heterocycles. The summed E-state index contributed by atoms with van der Waals surface area (Å²) >= 11 is 27.4. The van der Waals surface area contributed by atoms with Crippen LogP contribution in [0.4, 0.5) is 19.0 Å². The number of phenolic OH excluding ortho intramolecular Hbond substituents is 1. The van der Waals surface area contributed by atoms with Crippen LogP contribution in [-0.4, -0.2) is 74.6 Å². The van der Waals surface area contributed by atoms with E-state index in [1.165, 1.54) is 27.3 Å². The number of benzene rings is 1. The number of imide groups is 2. The lowest BCUT2D eigenvalue weighted by Gasteiger charge is -2.51. The van der Waals surface area contributed by atoms with Crippen molar-refractivity contribution in [1.29, 1.82) is 0 Å². The third-order valence-corrected chi connectivity index (χ3v) is 13.3. The van der Waals surface area contributed by atoms with E-state index in [-0.39, 0.29) is 38.3 Å². The maximum Gasteiger partial charge on any atom is 0.433 e. The first-order valence-electron chi connectivity index (χ1n) is 13.8. The fraction of sp³-hybridized carbons (Fsp3) is 0.414. The van der Waals surface area contributed by atoms with E-state index >= 15 is 0 Å². The monoisotopic (exact) mass is 842 g/mol. The van der Waals surface area contributed by atoms with Crippen LogP contribution in [0.1, 0.15) is 30.0 Å². The number of hydrazine groups is 1. The highest BCUT2D eigenvalue weighted by molar-refractivity contribution is 9.13. The summed E-state index contributed by atoms with van der Waals surface area (Å²) in [4.78, 5) is 55.8. The van der Waals surface area contributed by atoms with Gasteiger partial charge in [-0.15, -0.1) is 23.2 Å². The normalized spacial score (nSPS) is 30.3. The minimum Gasteiger partial charge on any atom is -0.503 e. The van der Waals surface area contributed by atoms with Gasteiger partial charge in [0.1, 0.15) is 5.69 Å². The summed E-state index contributed by atoms with van der Waals surface area (Å²) in [7, 11) is 3.75. The van der Waals surface area contributed by atoms with Gasteiger partial charge in [-0.3, -0.25) is 29.1 Å². The Hall–Kier alpha value is -2.59. The molecule has 3 heterocycles. The van der Waals surface area contributed by atoms with Gasteiger partial charge in [-0.2, -0.15) is 18.2 Å². The van der Waals surface area contributed by atoms with Gasteiger partial charge in [-0.1, -0.05) is 23.3 Å². The summed E-state index contributed by atoms with van der Waals surface area (Å²) in [5.41, 5.74) is -0.547. The van der Waals surface area contributed by atoms with Gasteiger partial charge >= 0.3 is 6.18 Å². The first-order chi connectivity index (χ1) is 21.8. The smallest absolute Gasteiger partial charge is 0.433 e. The number of ether oxygens (including phenoxy) is 1. The molecule has 0 radical (unpaired) electrons. The van der Waals surface area contributed by atoms with Gasteiger partial charge in [0, 0.05) is 24.5 Å². The van der Waals surface area contributed by atoms with E-state index < -0.39 is 74.7 Å². The zero-order chi connectivity index (χ0) is 34.7. The Kier molecular flexibility index (Phi) is 8.19. The molecular formula is C29H22Br2Cl3F3N4O6. The largest absolute Gasteiger partial charge is 0.503 e. The second-order valence-electron chi connectivity index (χ2n) is 11.7. The molecule has 0 spiro atoms. The molecule has 2 aliphatic heterocycles. The maximum absolute atomic E-state index is 14.2. The van der Waals surface area contributed by atoms with Gasteiger partial charge < -0.3 is 9.84 Å². The van der Waals surface area contributed by atoms with Crippen molar-refractivity contribution in [2.24, 2.45) is 17.8 Å². The molecule has 6 rings (SSSR count). The number of pyridine rings is 1. The van der Waals surface area contributed by atoms with Gasteiger partial charge in [-0.25, -0.2) is 4.98 Å². The fourth-order valence-corrected chi connectivity index (χ4v) is 9.45. The Balaban J connectivity index is 1.50. The highest BCUT2D eigenvalue weighted by Crippen LogP contribution is 2.66. The van der Waals surface area contributed by atoms with Crippen LogP contribution < -0.4 is 9.75 Å². The van der Waals surface area contributed by atoms with Crippen LogP contribution in [0.3, 0.4) is 0 Å². The number of hydrogen-bond acceptors (Lipinski definition) is 8. The molecular weight excluding hydrogens is 824 g/mol. The number of carbonyl (C=O) groups excluding carboxylic acids is 4. The summed E-state index contributed by atoms with van der Waals surface area (Å²) in [6.07, 6.45) is -3.48.